The van der Waals surface area contributed by atoms with Crippen LogP contribution in [0, 0.1) is 0 Å². The van der Waals surface area contributed by atoms with Crippen LogP contribution in [0.15, 0.2) is 18.2 Å². The molecule has 0 spiro atoms. The Kier molecular flexibility index (Phi) is 6.04. The monoisotopic (exact) mass is 383 g/mol. The predicted octanol–water partition coefficient (Wildman–Crippen LogP) is 4.21. The number of fused-ring (bicyclic) bond motifs is 1. The van der Waals surface area contributed by atoms with E-state index in [-0.39, 0.29) is 0 Å². The second-order valence-electron chi connectivity index (χ2n) is 5.47. The number of hydrogen-bond acceptors (Lipinski definition) is 3. The Balaban J connectivity index is 2.03. The molecule has 1 aliphatic rings. The van der Waals surface area contributed by atoms with Gasteiger partial charge in [0.2, 0.25) is 0 Å². The highest BCUT2D eigenvalue weighted by Crippen LogP contribution is 2.33. The van der Waals surface area contributed by atoms with E-state index in [0.717, 1.165) is 35.8 Å². The zero-order chi connectivity index (χ0) is 15.5. The zero-order valence-corrected chi connectivity index (χ0v) is 16.3. The number of aryl methyl sites for hydroxylation is 1. The first kappa shape index (κ1) is 17.6. The molecule has 1 aliphatic heterocycles. The summed E-state index contributed by atoms with van der Waals surface area (Å²) in [5.41, 5.74) is 7.81. The fraction of sp³-hybridized carbons (Fsp3) is 0.538. The van der Waals surface area contributed by atoms with E-state index < -0.39 is 14.6 Å². The van der Waals surface area contributed by atoms with Crippen molar-refractivity contribution in [1.29, 1.82) is 0 Å². The van der Waals surface area contributed by atoms with Gasteiger partial charge < -0.3 is 14.6 Å². The highest BCUT2D eigenvalue weighted by molar-refractivity contribution is 7.64. The van der Waals surface area contributed by atoms with Crippen LogP contribution in [0.3, 0.4) is 0 Å². The lowest BCUT2D eigenvalue weighted by Crippen LogP contribution is -2.44. The second-order valence-corrected chi connectivity index (χ2v) is 18.0. The summed E-state index contributed by atoms with van der Waals surface area (Å²) in [4.78, 5) is 0. The van der Waals surface area contributed by atoms with Crippen LogP contribution in [-0.2, 0) is 17.5 Å². The van der Waals surface area contributed by atoms with Crippen LogP contribution >= 0.6 is 33.2 Å². The van der Waals surface area contributed by atoms with E-state index in [1.54, 1.807) is 0 Å². The summed E-state index contributed by atoms with van der Waals surface area (Å²) < 4.78 is 12.1. The quantitative estimate of drug-likeness (QED) is 0.590. The number of rotatable bonds is 6. The molecule has 21 heavy (non-hydrogen) atoms. The lowest BCUT2D eigenvalue weighted by molar-refractivity contribution is 0.204. The van der Waals surface area contributed by atoms with Gasteiger partial charge in [0.05, 0.1) is 6.61 Å². The smallest absolute Gasteiger partial charge is 0.395 e. The lowest BCUT2D eigenvalue weighted by Gasteiger charge is -2.33. The number of hydrogen-bond donors (Lipinski definition) is 1. The minimum absolute atomic E-state index is 0.599. The number of halogens is 3. The van der Waals surface area contributed by atoms with Crippen molar-refractivity contribution in [3.05, 3.63) is 29.3 Å². The van der Waals surface area contributed by atoms with E-state index in [0.29, 0.717) is 19.2 Å². The third kappa shape index (κ3) is 5.42. The van der Waals surface area contributed by atoms with Gasteiger partial charge in [0.25, 0.3) is 0 Å². The van der Waals surface area contributed by atoms with Crippen LogP contribution in [0.4, 0.5) is 0 Å². The summed E-state index contributed by atoms with van der Waals surface area (Å²) >= 11 is 17.8. The maximum atomic E-state index is 6.11. The Morgan fingerprint density at radius 3 is 2.76 bits per heavy atom. The van der Waals surface area contributed by atoms with Crippen LogP contribution < -0.4 is 10.2 Å². The van der Waals surface area contributed by atoms with E-state index in [2.05, 4.69) is 12.6 Å². The largest absolute Gasteiger partial charge is 0.520 e. The average molecular weight is 385 g/mol. The van der Waals surface area contributed by atoms with Crippen molar-refractivity contribution in [2.45, 2.75) is 38.1 Å². The van der Waals surface area contributed by atoms with Gasteiger partial charge in [-0.2, -0.15) is 0 Å². The summed E-state index contributed by atoms with van der Waals surface area (Å²) in [5, 5.41) is 0. The van der Waals surface area contributed by atoms with Crippen LogP contribution in [0.1, 0.15) is 17.5 Å². The summed E-state index contributed by atoms with van der Waals surface area (Å²) in [5.74, 6) is 0.933. The second kappa shape index (κ2) is 7.21. The molecule has 1 unspecified atom stereocenters. The molecule has 0 saturated heterocycles. The summed E-state index contributed by atoms with van der Waals surface area (Å²) in [6.07, 6.45) is 1.71. The summed E-state index contributed by atoms with van der Waals surface area (Å²) in [7, 11) is -2.11. The normalized spacial score (nSPS) is 21.8. The van der Waals surface area contributed by atoms with Gasteiger partial charge in [0.1, 0.15) is 5.75 Å². The highest BCUT2D eigenvalue weighted by atomic mass is 35.8. The Hall–Kier alpha value is 0.244. The molecule has 0 bridgehead atoms. The SMILES string of the molecule is C[Si]1(CCCN)OCc2cc(CC[Si](Cl)(Cl)Cl)ccc2O1. The first-order valence-corrected chi connectivity index (χ1v) is 14.8. The molecule has 0 aliphatic carbocycles. The Morgan fingerprint density at radius 2 is 2.10 bits per heavy atom. The predicted molar refractivity (Wildman–Crippen MR) is 93.8 cm³/mol. The molecular weight excluding hydrogens is 365 g/mol. The van der Waals surface area contributed by atoms with Gasteiger partial charge in [0, 0.05) is 11.6 Å². The van der Waals surface area contributed by atoms with Gasteiger partial charge in [-0.1, -0.05) is 6.07 Å². The van der Waals surface area contributed by atoms with Crippen LogP contribution in [-0.4, -0.2) is 21.1 Å². The average Bonchev–Trinajstić information content (AvgIpc) is 2.42. The molecule has 0 radical (unpaired) electrons. The fourth-order valence-corrected chi connectivity index (χ4v) is 6.02. The molecule has 1 aromatic carbocycles. The molecule has 0 amide bonds. The van der Waals surface area contributed by atoms with Crippen molar-refractivity contribution in [2.75, 3.05) is 6.54 Å². The molecule has 8 heteroatoms. The third-order valence-electron chi connectivity index (χ3n) is 3.52. The molecular formula is C13H20Cl3NO2Si2. The molecule has 2 rings (SSSR count). The third-order valence-corrected chi connectivity index (χ3v) is 8.70. The minimum Gasteiger partial charge on any atom is -0.520 e. The first-order chi connectivity index (χ1) is 9.81. The molecule has 3 nitrogen and oxygen atoms in total. The van der Waals surface area contributed by atoms with Crippen molar-refractivity contribution in [3.63, 3.8) is 0 Å². The van der Waals surface area contributed by atoms with Crippen molar-refractivity contribution >= 4 is 47.8 Å². The van der Waals surface area contributed by atoms with E-state index in [4.69, 9.17) is 47.8 Å². The maximum Gasteiger partial charge on any atom is 0.395 e. The molecule has 0 fully saturated rings. The highest BCUT2D eigenvalue weighted by Gasteiger charge is 2.37. The standard InChI is InChI=1S/C13H20Cl3NO2Si2/c1-20(7-2-6-17)18-10-12-9-11(3-4-13(12)19-20)5-8-21(14,15)16/h3-4,9H,2,5-8,10,17H2,1H3. The summed E-state index contributed by atoms with van der Waals surface area (Å²) in [6.45, 7) is 3.36. The van der Waals surface area contributed by atoms with Crippen LogP contribution in [0.2, 0.25) is 18.6 Å². The van der Waals surface area contributed by atoms with Gasteiger partial charge in [-0.05, 0) is 49.7 Å². The van der Waals surface area contributed by atoms with E-state index >= 15 is 0 Å². The lowest BCUT2D eigenvalue weighted by atomic mass is 10.1. The summed E-state index contributed by atoms with van der Waals surface area (Å²) in [6, 6.07) is 5.14. The zero-order valence-electron chi connectivity index (χ0n) is 12.0. The molecule has 118 valence electrons. The van der Waals surface area contributed by atoms with E-state index in [1.165, 1.54) is 0 Å². The fourth-order valence-electron chi connectivity index (χ4n) is 2.33. The molecule has 1 aromatic rings. The van der Waals surface area contributed by atoms with Crippen molar-refractivity contribution in [3.8, 4) is 5.75 Å². The Morgan fingerprint density at radius 1 is 1.33 bits per heavy atom. The number of benzene rings is 1. The molecule has 1 heterocycles. The molecule has 0 saturated carbocycles. The minimum atomic E-state index is -2.56. The van der Waals surface area contributed by atoms with E-state index in [9.17, 15) is 0 Å². The van der Waals surface area contributed by atoms with Crippen molar-refractivity contribution in [1.82, 2.24) is 0 Å². The van der Waals surface area contributed by atoms with Crippen LogP contribution in [0.5, 0.6) is 5.75 Å². The van der Waals surface area contributed by atoms with Gasteiger partial charge >= 0.3 is 14.6 Å². The van der Waals surface area contributed by atoms with Crippen molar-refractivity contribution < 1.29 is 8.85 Å². The van der Waals surface area contributed by atoms with E-state index in [1.807, 2.05) is 12.1 Å². The van der Waals surface area contributed by atoms with Gasteiger partial charge in [-0.3, -0.25) is 0 Å². The van der Waals surface area contributed by atoms with Crippen molar-refractivity contribution in [2.24, 2.45) is 5.73 Å². The van der Waals surface area contributed by atoms with Gasteiger partial charge in [0.15, 0.2) is 0 Å². The Bertz CT molecular complexity index is 499. The first-order valence-electron chi connectivity index (χ1n) is 7.03. The maximum absolute atomic E-state index is 6.11. The molecule has 2 N–H and O–H groups in total. The molecule has 1 atom stereocenters. The molecule has 0 aromatic heterocycles. The van der Waals surface area contributed by atoms with Gasteiger partial charge in [-0.15, -0.1) is 33.2 Å². The van der Waals surface area contributed by atoms with Gasteiger partial charge in [-0.25, -0.2) is 0 Å². The number of nitrogens with two attached hydrogens (primary N) is 1. The topological polar surface area (TPSA) is 44.5 Å². The Labute approximate surface area is 142 Å². The van der Waals surface area contributed by atoms with Crippen LogP contribution in [0.25, 0.3) is 0 Å².